The minimum Gasteiger partial charge on any atom is -0.496 e. The fourth-order valence-corrected chi connectivity index (χ4v) is 2.87. The van der Waals surface area contributed by atoms with E-state index in [0.717, 1.165) is 27.0 Å². The number of carbonyl (C=O) groups is 1. The Hall–Kier alpha value is -2.13. The second-order valence-corrected chi connectivity index (χ2v) is 5.12. The zero-order valence-electron chi connectivity index (χ0n) is 10.4. The van der Waals surface area contributed by atoms with E-state index in [1.54, 1.807) is 7.11 Å². The van der Waals surface area contributed by atoms with Gasteiger partial charge >= 0.3 is 0 Å². The van der Waals surface area contributed by atoms with Crippen LogP contribution in [-0.4, -0.2) is 12.9 Å². The Balaban J connectivity index is 2.23. The van der Waals surface area contributed by atoms with E-state index in [0.29, 0.717) is 0 Å². The van der Waals surface area contributed by atoms with Crippen molar-refractivity contribution in [3.8, 4) is 5.75 Å². The van der Waals surface area contributed by atoms with Gasteiger partial charge in [-0.05, 0) is 29.0 Å². The average molecular weight is 268 g/mol. The maximum atomic E-state index is 12.5. The van der Waals surface area contributed by atoms with Crippen molar-refractivity contribution in [3.63, 3.8) is 0 Å². The number of fused-ring (bicyclic) bond motifs is 1. The molecule has 0 spiro atoms. The summed E-state index contributed by atoms with van der Waals surface area (Å²) in [4.78, 5) is 13.3. The van der Waals surface area contributed by atoms with Crippen LogP contribution in [0.2, 0.25) is 0 Å². The van der Waals surface area contributed by atoms with Crippen LogP contribution in [0.5, 0.6) is 5.75 Å². The van der Waals surface area contributed by atoms with Crippen LogP contribution in [0.1, 0.15) is 15.2 Å². The van der Waals surface area contributed by atoms with Gasteiger partial charge in [0.1, 0.15) is 5.75 Å². The van der Waals surface area contributed by atoms with Crippen molar-refractivity contribution in [1.82, 2.24) is 0 Å². The molecule has 0 radical (unpaired) electrons. The molecule has 0 N–H and O–H groups in total. The van der Waals surface area contributed by atoms with Gasteiger partial charge in [0.2, 0.25) is 5.78 Å². The summed E-state index contributed by atoms with van der Waals surface area (Å²) in [7, 11) is 1.64. The highest BCUT2D eigenvalue weighted by atomic mass is 32.1. The van der Waals surface area contributed by atoms with Gasteiger partial charge in [-0.15, -0.1) is 11.3 Å². The van der Waals surface area contributed by atoms with Gasteiger partial charge in [0.25, 0.3) is 0 Å². The van der Waals surface area contributed by atoms with Crippen LogP contribution in [0.4, 0.5) is 0 Å². The molecule has 1 heterocycles. The molecule has 3 rings (SSSR count). The maximum Gasteiger partial charge on any atom is 0.203 e. The van der Waals surface area contributed by atoms with E-state index in [9.17, 15) is 4.79 Å². The molecule has 2 aromatic carbocycles. The topological polar surface area (TPSA) is 26.3 Å². The van der Waals surface area contributed by atoms with Crippen molar-refractivity contribution in [2.45, 2.75) is 0 Å². The third-order valence-electron chi connectivity index (χ3n) is 3.09. The molecule has 0 aliphatic heterocycles. The third-order valence-corrected chi connectivity index (χ3v) is 3.96. The van der Waals surface area contributed by atoms with Crippen molar-refractivity contribution in [2.24, 2.45) is 0 Å². The summed E-state index contributed by atoms with van der Waals surface area (Å²) in [6.45, 7) is 0. The number of rotatable bonds is 3. The average Bonchev–Trinajstić information content (AvgIpc) is 2.99. The van der Waals surface area contributed by atoms with E-state index in [1.807, 2.05) is 53.9 Å². The lowest BCUT2D eigenvalue weighted by Crippen LogP contribution is -2.00. The van der Waals surface area contributed by atoms with Crippen molar-refractivity contribution in [3.05, 3.63) is 64.4 Å². The first-order chi connectivity index (χ1) is 9.31. The molecule has 0 aliphatic carbocycles. The number of hydrogen-bond donors (Lipinski definition) is 0. The number of hydrogen-bond acceptors (Lipinski definition) is 3. The van der Waals surface area contributed by atoms with E-state index >= 15 is 0 Å². The smallest absolute Gasteiger partial charge is 0.203 e. The van der Waals surface area contributed by atoms with Crippen molar-refractivity contribution >= 4 is 27.9 Å². The Morgan fingerprint density at radius 1 is 1.00 bits per heavy atom. The van der Waals surface area contributed by atoms with Crippen molar-refractivity contribution in [1.29, 1.82) is 0 Å². The zero-order chi connectivity index (χ0) is 13.2. The number of ketones is 1. The fourth-order valence-electron chi connectivity index (χ4n) is 2.19. The molecule has 0 aliphatic rings. The quantitative estimate of drug-likeness (QED) is 0.667. The van der Waals surface area contributed by atoms with E-state index in [-0.39, 0.29) is 5.78 Å². The van der Waals surface area contributed by atoms with Crippen LogP contribution in [0, 0.1) is 0 Å². The van der Waals surface area contributed by atoms with Gasteiger partial charge in [-0.3, -0.25) is 4.79 Å². The van der Waals surface area contributed by atoms with Gasteiger partial charge in [-0.1, -0.05) is 30.3 Å². The number of carbonyl (C=O) groups excluding carboxylic acids is 1. The molecule has 0 saturated carbocycles. The van der Waals surface area contributed by atoms with Gasteiger partial charge in [0.15, 0.2) is 0 Å². The van der Waals surface area contributed by atoms with E-state index in [1.165, 1.54) is 11.3 Å². The Morgan fingerprint density at radius 3 is 2.47 bits per heavy atom. The number of methoxy groups -OCH3 is 1. The van der Waals surface area contributed by atoms with Gasteiger partial charge in [0.05, 0.1) is 12.0 Å². The molecule has 19 heavy (non-hydrogen) atoms. The lowest BCUT2D eigenvalue weighted by molar-refractivity contribution is 0.104. The summed E-state index contributed by atoms with van der Waals surface area (Å²) in [6, 6.07) is 15.2. The molecule has 0 atom stereocenters. The number of thiophene rings is 1. The molecule has 3 heteroatoms. The first kappa shape index (κ1) is 11.9. The molecule has 0 bridgehead atoms. The standard InChI is InChI=1S/C16H12O2S/c1-18-14-9-8-13(11-5-2-3-6-12(11)14)16(17)15-7-4-10-19-15/h2-10H,1H3. The molecule has 0 saturated heterocycles. The second-order valence-electron chi connectivity index (χ2n) is 4.17. The Labute approximate surface area is 115 Å². The number of ether oxygens (including phenoxy) is 1. The molecule has 94 valence electrons. The molecular formula is C16H12O2S. The van der Waals surface area contributed by atoms with Gasteiger partial charge < -0.3 is 4.74 Å². The SMILES string of the molecule is COc1ccc(C(=O)c2cccs2)c2ccccc12. The number of benzene rings is 2. The lowest BCUT2D eigenvalue weighted by atomic mass is 10.00. The minimum atomic E-state index is 0.0638. The van der Waals surface area contributed by atoms with Gasteiger partial charge in [0, 0.05) is 10.9 Å². The van der Waals surface area contributed by atoms with Crippen LogP contribution in [0.15, 0.2) is 53.9 Å². The van der Waals surface area contributed by atoms with Crippen LogP contribution in [0.25, 0.3) is 10.8 Å². The Bertz CT molecular complexity index is 730. The predicted octanol–water partition coefficient (Wildman–Crippen LogP) is 4.14. The molecule has 0 unspecified atom stereocenters. The molecular weight excluding hydrogens is 256 g/mol. The summed E-state index contributed by atoms with van der Waals surface area (Å²) in [5.74, 6) is 0.854. The first-order valence-electron chi connectivity index (χ1n) is 5.95. The van der Waals surface area contributed by atoms with Gasteiger partial charge in [-0.2, -0.15) is 0 Å². The zero-order valence-corrected chi connectivity index (χ0v) is 11.2. The molecule has 1 aromatic heterocycles. The van der Waals surface area contributed by atoms with Crippen LogP contribution < -0.4 is 4.74 Å². The highest BCUT2D eigenvalue weighted by molar-refractivity contribution is 7.12. The highest BCUT2D eigenvalue weighted by Gasteiger charge is 2.14. The minimum absolute atomic E-state index is 0.0638. The Kier molecular flexibility index (Phi) is 3.05. The molecule has 2 nitrogen and oxygen atoms in total. The van der Waals surface area contributed by atoms with Crippen LogP contribution >= 0.6 is 11.3 Å². The summed E-state index contributed by atoms with van der Waals surface area (Å²) in [5, 5.41) is 3.81. The summed E-state index contributed by atoms with van der Waals surface area (Å²) >= 11 is 1.46. The van der Waals surface area contributed by atoms with E-state index < -0.39 is 0 Å². The van der Waals surface area contributed by atoms with Crippen molar-refractivity contribution in [2.75, 3.05) is 7.11 Å². The second kappa shape index (κ2) is 4.86. The normalized spacial score (nSPS) is 10.6. The molecule has 0 fully saturated rings. The highest BCUT2D eigenvalue weighted by Crippen LogP contribution is 2.30. The van der Waals surface area contributed by atoms with Crippen LogP contribution in [0.3, 0.4) is 0 Å². The molecule has 0 amide bonds. The van der Waals surface area contributed by atoms with Crippen LogP contribution in [-0.2, 0) is 0 Å². The van der Waals surface area contributed by atoms with E-state index in [4.69, 9.17) is 4.74 Å². The summed E-state index contributed by atoms with van der Waals surface area (Å²) < 4.78 is 5.34. The molecule has 3 aromatic rings. The fraction of sp³-hybridized carbons (Fsp3) is 0.0625. The van der Waals surface area contributed by atoms with Crippen molar-refractivity contribution < 1.29 is 9.53 Å². The Morgan fingerprint density at radius 2 is 1.79 bits per heavy atom. The third kappa shape index (κ3) is 2.02. The maximum absolute atomic E-state index is 12.5. The predicted molar refractivity (Wildman–Crippen MR) is 78.3 cm³/mol. The summed E-state index contributed by atoms with van der Waals surface area (Å²) in [5.41, 5.74) is 0.721. The lowest BCUT2D eigenvalue weighted by Gasteiger charge is -2.09. The van der Waals surface area contributed by atoms with E-state index in [2.05, 4.69) is 0 Å². The monoisotopic (exact) mass is 268 g/mol. The van der Waals surface area contributed by atoms with Gasteiger partial charge in [-0.25, -0.2) is 0 Å². The first-order valence-corrected chi connectivity index (χ1v) is 6.83. The largest absolute Gasteiger partial charge is 0.496 e. The summed E-state index contributed by atoms with van der Waals surface area (Å²) in [6.07, 6.45) is 0.